The molecule has 1 aliphatic heterocycles. The lowest BCUT2D eigenvalue weighted by molar-refractivity contribution is -0.119. The van der Waals surface area contributed by atoms with E-state index in [0.29, 0.717) is 19.0 Å². The van der Waals surface area contributed by atoms with Crippen LogP contribution in [0, 0.1) is 5.82 Å². The molecule has 0 radical (unpaired) electrons. The van der Waals surface area contributed by atoms with Gasteiger partial charge in [-0.25, -0.2) is 4.39 Å². The fourth-order valence-corrected chi connectivity index (χ4v) is 4.43. The SMILES string of the molecule is O=C(CSc1ccc2c(c1)OCCO2)NC(c1ccc(F)cc1)c1cccs1. The molecule has 1 atom stereocenters. The number of nitrogens with one attached hydrogen (secondary N) is 1. The van der Waals surface area contributed by atoms with Crippen LogP contribution in [0.15, 0.2) is 64.9 Å². The molecule has 7 heteroatoms. The van der Waals surface area contributed by atoms with Crippen LogP contribution >= 0.6 is 23.1 Å². The molecule has 144 valence electrons. The maximum absolute atomic E-state index is 13.3. The van der Waals surface area contributed by atoms with Gasteiger partial charge in [-0.1, -0.05) is 18.2 Å². The Bertz CT molecular complexity index is 945. The molecule has 0 aliphatic carbocycles. The first kappa shape index (κ1) is 18.8. The predicted octanol–water partition coefficient (Wildman–Crippen LogP) is 4.66. The molecular weight excluding hydrogens is 397 g/mol. The van der Waals surface area contributed by atoms with Gasteiger partial charge in [0.2, 0.25) is 5.91 Å². The minimum Gasteiger partial charge on any atom is -0.486 e. The molecule has 2 heterocycles. The lowest BCUT2D eigenvalue weighted by Crippen LogP contribution is -2.30. The van der Waals surface area contributed by atoms with Crippen LogP contribution in [0.3, 0.4) is 0 Å². The molecule has 28 heavy (non-hydrogen) atoms. The molecule has 0 fully saturated rings. The lowest BCUT2D eigenvalue weighted by atomic mass is 10.1. The standard InChI is InChI=1S/C21H18FNO3S2/c22-15-5-3-14(4-6-15)21(19-2-1-11-27-19)23-20(24)13-28-16-7-8-17-18(12-16)26-10-9-25-17/h1-8,11-12,21H,9-10,13H2,(H,23,24). The van der Waals surface area contributed by atoms with Crippen molar-refractivity contribution in [2.45, 2.75) is 10.9 Å². The fourth-order valence-electron chi connectivity index (χ4n) is 2.89. The Balaban J connectivity index is 1.42. The van der Waals surface area contributed by atoms with Gasteiger partial charge in [-0.2, -0.15) is 0 Å². The number of amides is 1. The van der Waals surface area contributed by atoms with Gasteiger partial charge in [-0.15, -0.1) is 23.1 Å². The number of thiophene rings is 1. The molecular formula is C21H18FNO3S2. The monoisotopic (exact) mass is 415 g/mol. The van der Waals surface area contributed by atoms with E-state index in [-0.39, 0.29) is 23.5 Å². The molecule has 0 saturated heterocycles. The van der Waals surface area contributed by atoms with Gasteiger partial charge >= 0.3 is 0 Å². The number of carbonyl (C=O) groups excluding carboxylic acids is 1. The summed E-state index contributed by atoms with van der Waals surface area (Å²) in [5, 5.41) is 5.02. The Morgan fingerprint density at radius 1 is 1.11 bits per heavy atom. The molecule has 1 aromatic heterocycles. The molecule has 0 spiro atoms. The van der Waals surface area contributed by atoms with Gasteiger partial charge in [0.15, 0.2) is 11.5 Å². The number of thioether (sulfide) groups is 1. The summed E-state index contributed by atoms with van der Waals surface area (Å²) in [7, 11) is 0. The molecule has 1 N–H and O–H groups in total. The Kier molecular flexibility index (Phi) is 5.83. The van der Waals surface area contributed by atoms with Crippen molar-refractivity contribution in [1.82, 2.24) is 5.32 Å². The topological polar surface area (TPSA) is 47.6 Å². The highest BCUT2D eigenvalue weighted by Crippen LogP contribution is 2.34. The van der Waals surface area contributed by atoms with Crippen molar-refractivity contribution in [2.75, 3.05) is 19.0 Å². The number of benzene rings is 2. The lowest BCUT2D eigenvalue weighted by Gasteiger charge is -2.19. The summed E-state index contributed by atoms with van der Waals surface area (Å²) in [6, 6.07) is 15.5. The van der Waals surface area contributed by atoms with Crippen molar-refractivity contribution >= 4 is 29.0 Å². The number of carbonyl (C=O) groups is 1. The van der Waals surface area contributed by atoms with E-state index in [2.05, 4.69) is 5.32 Å². The summed E-state index contributed by atoms with van der Waals surface area (Å²) in [6.07, 6.45) is 0. The van der Waals surface area contributed by atoms with Gasteiger partial charge in [-0.3, -0.25) is 4.79 Å². The van der Waals surface area contributed by atoms with Crippen LogP contribution in [0.1, 0.15) is 16.5 Å². The van der Waals surface area contributed by atoms with Crippen LogP contribution < -0.4 is 14.8 Å². The van der Waals surface area contributed by atoms with Crippen molar-refractivity contribution in [3.63, 3.8) is 0 Å². The quantitative estimate of drug-likeness (QED) is 0.595. The van der Waals surface area contributed by atoms with Gasteiger partial charge in [0, 0.05) is 9.77 Å². The molecule has 4 nitrogen and oxygen atoms in total. The van der Waals surface area contributed by atoms with Gasteiger partial charge in [0.1, 0.15) is 19.0 Å². The van der Waals surface area contributed by atoms with E-state index < -0.39 is 0 Å². The van der Waals surface area contributed by atoms with Gasteiger partial charge in [0.05, 0.1) is 11.8 Å². The minimum absolute atomic E-state index is 0.0948. The Morgan fingerprint density at radius 2 is 1.89 bits per heavy atom. The number of rotatable bonds is 6. The molecule has 1 unspecified atom stereocenters. The van der Waals surface area contributed by atoms with Crippen LogP contribution in [0.2, 0.25) is 0 Å². The van der Waals surface area contributed by atoms with E-state index in [1.165, 1.54) is 23.9 Å². The highest BCUT2D eigenvalue weighted by molar-refractivity contribution is 8.00. The molecule has 1 aliphatic rings. The van der Waals surface area contributed by atoms with Crippen LogP contribution in [0.5, 0.6) is 11.5 Å². The first-order chi connectivity index (χ1) is 13.7. The van der Waals surface area contributed by atoms with Crippen molar-refractivity contribution in [3.05, 3.63) is 76.2 Å². The summed E-state index contributed by atoms with van der Waals surface area (Å²) < 4.78 is 24.4. The van der Waals surface area contributed by atoms with Gasteiger partial charge < -0.3 is 14.8 Å². The third-order valence-electron chi connectivity index (χ3n) is 4.22. The predicted molar refractivity (Wildman–Crippen MR) is 109 cm³/mol. The highest BCUT2D eigenvalue weighted by Gasteiger charge is 2.19. The average Bonchev–Trinajstić information content (AvgIpc) is 3.26. The van der Waals surface area contributed by atoms with Crippen LogP contribution in [0.4, 0.5) is 4.39 Å². The fraction of sp³-hybridized carbons (Fsp3) is 0.190. The number of fused-ring (bicyclic) bond motifs is 1. The molecule has 0 saturated carbocycles. The largest absolute Gasteiger partial charge is 0.486 e. The zero-order valence-electron chi connectivity index (χ0n) is 14.9. The van der Waals surface area contributed by atoms with E-state index in [9.17, 15) is 9.18 Å². The zero-order valence-corrected chi connectivity index (χ0v) is 16.5. The maximum Gasteiger partial charge on any atom is 0.231 e. The van der Waals surface area contributed by atoms with Crippen LogP contribution in [-0.2, 0) is 4.79 Å². The first-order valence-electron chi connectivity index (χ1n) is 8.80. The van der Waals surface area contributed by atoms with Crippen LogP contribution in [-0.4, -0.2) is 24.9 Å². The zero-order chi connectivity index (χ0) is 19.3. The second kappa shape index (κ2) is 8.67. The molecule has 1 amide bonds. The highest BCUT2D eigenvalue weighted by atomic mass is 32.2. The van der Waals surface area contributed by atoms with Crippen molar-refractivity contribution < 1.29 is 18.7 Å². The third kappa shape index (κ3) is 4.48. The smallest absolute Gasteiger partial charge is 0.231 e. The third-order valence-corrected chi connectivity index (χ3v) is 6.15. The summed E-state index contributed by atoms with van der Waals surface area (Å²) in [6.45, 7) is 1.08. The molecule has 3 aromatic rings. The molecule has 4 rings (SSSR count). The Morgan fingerprint density at radius 3 is 2.64 bits per heavy atom. The van der Waals surface area contributed by atoms with Crippen molar-refractivity contribution in [2.24, 2.45) is 0 Å². The van der Waals surface area contributed by atoms with E-state index in [4.69, 9.17) is 9.47 Å². The number of halogens is 1. The molecule has 2 aromatic carbocycles. The second-order valence-corrected chi connectivity index (χ2v) is 8.19. The second-order valence-electron chi connectivity index (χ2n) is 6.16. The van der Waals surface area contributed by atoms with Crippen LogP contribution in [0.25, 0.3) is 0 Å². The van der Waals surface area contributed by atoms with E-state index >= 15 is 0 Å². The molecule has 0 bridgehead atoms. The number of hydrogen-bond donors (Lipinski definition) is 1. The van der Waals surface area contributed by atoms with Crippen molar-refractivity contribution in [3.8, 4) is 11.5 Å². The van der Waals surface area contributed by atoms with E-state index in [0.717, 1.165) is 21.1 Å². The van der Waals surface area contributed by atoms with E-state index in [1.807, 2.05) is 35.7 Å². The summed E-state index contributed by atoms with van der Waals surface area (Å²) >= 11 is 2.99. The first-order valence-corrected chi connectivity index (χ1v) is 10.7. The summed E-state index contributed by atoms with van der Waals surface area (Å²) in [5.74, 6) is 1.31. The van der Waals surface area contributed by atoms with Crippen molar-refractivity contribution in [1.29, 1.82) is 0 Å². The number of hydrogen-bond acceptors (Lipinski definition) is 5. The Hall–Kier alpha value is -2.51. The summed E-state index contributed by atoms with van der Waals surface area (Å²) in [5.41, 5.74) is 0.849. The summed E-state index contributed by atoms with van der Waals surface area (Å²) in [4.78, 5) is 14.5. The average molecular weight is 416 g/mol. The van der Waals surface area contributed by atoms with E-state index in [1.54, 1.807) is 23.5 Å². The number of ether oxygens (including phenoxy) is 2. The minimum atomic E-state index is -0.297. The van der Waals surface area contributed by atoms with Gasteiger partial charge in [0.25, 0.3) is 0 Å². The normalized spacial score (nSPS) is 13.8. The maximum atomic E-state index is 13.3. The Labute approximate surface area is 170 Å². The van der Waals surface area contributed by atoms with Gasteiger partial charge in [-0.05, 0) is 47.3 Å².